The van der Waals surface area contributed by atoms with Gasteiger partial charge in [-0.05, 0) is 66.8 Å². The van der Waals surface area contributed by atoms with Crippen LogP contribution >= 0.6 is 0 Å². The zero-order valence-corrected chi connectivity index (χ0v) is 19.3. The molecular formula is C28H27NO4. The molecular weight excluding hydrogens is 414 g/mol. The molecule has 168 valence electrons. The summed E-state index contributed by atoms with van der Waals surface area (Å²) < 4.78 is 11.9. The summed E-state index contributed by atoms with van der Waals surface area (Å²) in [6, 6.07) is 16.2. The molecule has 0 saturated carbocycles. The van der Waals surface area contributed by atoms with Gasteiger partial charge >= 0.3 is 5.97 Å². The number of carboxylic acids is 1. The van der Waals surface area contributed by atoms with E-state index < -0.39 is 17.7 Å². The van der Waals surface area contributed by atoms with Gasteiger partial charge < -0.3 is 14.6 Å². The second-order valence-electron chi connectivity index (χ2n) is 9.61. The molecule has 0 unspecified atom stereocenters. The van der Waals surface area contributed by atoms with Crippen molar-refractivity contribution in [3.8, 4) is 11.1 Å². The number of rotatable bonds is 4. The molecule has 0 radical (unpaired) electrons. The predicted octanol–water partition coefficient (Wildman–Crippen LogP) is 6.33. The molecule has 5 rings (SSSR count). The van der Waals surface area contributed by atoms with Crippen LogP contribution < -0.4 is 0 Å². The molecule has 1 aromatic heterocycles. The average Bonchev–Trinajstić information content (AvgIpc) is 2.77. The highest BCUT2D eigenvalue weighted by molar-refractivity contribution is 6.08. The molecule has 1 aliphatic heterocycles. The summed E-state index contributed by atoms with van der Waals surface area (Å²) in [6.45, 7) is 8.68. The number of benzene rings is 3. The first-order valence-electron chi connectivity index (χ1n) is 11.1. The summed E-state index contributed by atoms with van der Waals surface area (Å²) in [4.78, 5) is 17.3. The zero-order valence-electron chi connectivity index (χ0n) is 19.3. The lowest BCUT2D eigenvalue weighted by atomic mass is 9.85. The van der Waals surface area contributed by atoms with Gasteiger partial charge in [-0.1, -0.05) is 42.5 Å². The van der Waals surface area contributed by atoms with E-state index in [0.29, 0.717) is 18.8 Å². The Bertz CT molecular complexity index is 1390. The van der Waals surface area contributed by atoms with Crippen molar-refractivity contribution in [2.45, 2.75) is 52.6 Å². The highest BCUT2D eigenvalue weighted by Gasteiger charge is 2.32. The van der Waals surface area contributed by atoms with Gasteiger partial charge in [0.25, 0.3) is 0 Å². The van der Waals surface area contributed by atoms with E-state index in [1.807, 2.05) is 64.1 Å². The molecule has 5 nitrogen and oxygen atoms in total. The molecule has 33 heavy (non-hydrogen) atoms. The number of hydrogen-bond acceptors (Lipinski definition) is 4. The van der Waals surface area contributed by atoms with E-state index in [1.54, 1.807) is 6.20 Å². The van der Waals surface area contributed by atoms with E-state index in [1.165, 1.54) is 0 Å². The van der Waals surface area contributed by atoms with Crippen molar-refractivity contribution in [3.05, 3.63) is 77.0 Å². The summed E-state index contributed by atoms with van der Waals surface area (Å²) in [5.41, 5.74) is 5.76. The van der Waals surface area contributed by atoms with Crippen LogP contribution in [0.5, 0.6) is 0 Å². The fourth-order valence-corrected chi connectivity index (χ4v) is 4.84. The monoisotopic (exact) mass is 441 g/mol. The summed E-state index contributed by atoms with van der Waals surface area (Å²) in [5.74, 6) is -1.01. The van der Waals surface area contributed by atoms with Crippen LogP contribution in [0.25, 0.3) is 32.8 Å². The van der Waals surface area contributed by atoms with E-state index >= 15 is 0 Å². The van der Waals surface area contributed by atoms with Crippen LogP contribution in [0.15, 0.2) is 54.7 Å². The number of aryl methyl sites for hydroxylation is 1. The Morgan fingerprint density at radius 3 is 2.55 bits per heavy atom. The van der Waals surface area contributed by atoms with Crippen molar-refractivity contribution >= 4 is 27.6 Å². The van der Waals surface area contributed by atoms with Crippen molar-refractivity contribution in [2.75, 3.05) is 0 Å². The Morgan fingerprint density at radius 1 is 1.09 bits per heavy atom. The van der Waals surface area contributed by atoms with Crippen molar-refractivity contribution in [2.24, 2.45) is 0 Å². The van der Waals surface area contributed by atoms with Gasteiger partial charge in [0.05, 0.1) is 24.3 Å². The van der Waals surface area contributed by atoms with E-state index in [0.717, 1.165) is 49.5 Å². The normalized spacial score (nSPS) is 14.5. The van der Waals surface area contributed by atoms with Crippen LogP contribution in [0.1, 0.15) is 49.1 Å². The third-order valence-corrected chi connectivity index (χ3v) is 6.10. The van der Waals surface area contributed by atoms with Crippen LogP contribution in [-0.4, -0.2) is 21.7 Å². The number of ether oxygens (including phenoxy) is 2. The Kier molecular flexibility index (Phi) is 5.19. The second-order valence-corrected chi connectivity index (χ2v) is 9.61. The molecule has 4 aromatic rings. The number of carboxylic acid groups (broad SMARTS) is 1. The molecule has 5 heteroatoms. The number of aliphatic carboxylic acids is 1. The minimum Gasteiger partial charge on any atom is -0.479 e. The lowest BCUT2D eigenvalue weighted by Gasteiger charge is -2.29. The lowest BCUT2D eigenvalue weighted by Crippen LogP contribution is -2.28. The predicted molar refractivity (Wildman–Crippen MR) is 129 cm³/mol. The summed E-state index contributed by atoms with van der Waals surface area (Å²) in [7, 11) is 0. The maximum Gasteiger partial charge on any atom is 0.337 e. The Balaban J connectivity index is 1.90. The molecule has 0 amide bonds. The summed E-state index contributed by atoms with van der Waals surface area (Å²) in [6.07, 6.45) is 0.691. The van der Waals surface area contributed by atoms with Gasteiger partial charge in [0.15, 0.2) is 6.10 Å². The Morgan fingerprint density at radius 2 is 1.82 bits per heavy atom. The second kappa shape index (κ2) is 7.94. The Labute approximate surface area is 193 Å². The molecule has 0 aliphatic carbocycles. The molecule has 0 fully saturated rings. The van der Waals surface area contributed by atoms with Crippen LogP contribution in [0, 0.1) is 6.92 Å². The molecule has 1 N–H and O–H groups in total. The first-order chi connectivity index (χ1) is 15.7. The molecule has 0 bridgehead atoms. The molecule has 1 aliphatic rings. The van der Waals surface area contributed by atoms with Gasteiger partial charge in [-0.2, -0.15) is 0 Å². The summed E-state index contributed by atoms with van der Waals surface area (Å²) in [5, 5.41) is 13.4. The minimum absolute atomic E-state index is 0.543. The third kappa shape index (κ3) is 3.77. The zero-order chi connectivity index (χ0) is 23.3. The number of carbonyl (C=O) groups is 1. The number of hydrogen-bond donors (Lipinski definition) is 1. The van der Waals surface area contributed by atoms with Crippen LogP contribution in [0.2, 0.25) is 0 Å². The van der Waals surface area contributed by atoms with Gasteiger partial charge in [-0.25, -0.2) is 4.79 Å². The van der Waals surface area contributed by atoms with Crippen molar-refractivity contribution < 1.29 is 19.4 Å². The highest BCUT2D eigenvalue weighted by atomic mass is 16.5. The van der Waals surface area contributed by atoms with Crippen molar-refractivity contribution in [1.29, 1.82) is 0 Å². The fourth-order valence-electron chi connectivity index (χ4n) is 4.84. The van der Waals surface area contributed by atoms with Gasteiger partial charge in [0.1, 0.15) is 0 Å². The Hall–Kier alpha value is -3.28. The minimum atomic E-state index is -1.11. The fraction of sp³-hybridized carbons (Fsp3) is 0.286. The maximum absolute atomic E-state index is 12.5. The van der Waals surface area contributed by atoms with E-state index in [4.69, 9.17) is 14.5 Å². The van der Waals surface area contributed by atoms with Crippen LogP contribution in [-0.2, 0) is 27.5 Å². The third-order valence-electron chi connectivity index (χ3n) is 6.10. The largest absolute Gasteiger partial charge is 0.479 e. The van der Waals surface area contributed by atoms with E-state index in [9.17, 15) is 9.90 Å². The van der Waals surface area contributed by atoms with Gasteiger partial charge in [0.2, 0.25) is 0 Å². The van der Waals surface area contributed by atoms with Gasteiger partial charge in [0, 0.05) is 22.7 Å². The topological polar surface area (TPSA) is 68.7 Å². The lowest BCUT2D eigenvalue weighted by molar-refractivity contribution is -0.160. The highest BCUT2D eigenvalue weighted by Crippen LogP contribution is 2.43. The molecule has 0 saturated heterocycles. The van der Waals surface area contributed by atoms with E-state index in [-0.39, 0.29) is 0 Å². The molecule has 1 atom stereocenters. The maximum atomic E-state index is 12.5. The van der Waals surface area contributed by atoms with Crippen molar-refractivity contribution in [3.63, 3.8) is 0 Å². The average molecular weight is 442 g/mol. The molecule has 2 heterocycles. The van der Waals surface area contributed by atoms with Crippen molar-refractivity contribution in [1.82, 2.24) is 4.98 Å². The van der Waals surface area contributed by atoms with Crippen LogP contribution in [0.4, 0.5) is 0 Å². The standard InChI is InChI=1S/C28H27NO4/c1-16-13-17-7-5-6-8-20(17)24(22(16)26(27(30)31)33-28(2,3)4)21-10-9-18-14-32-15-19-11-12-29-25(21)23(18)19/h5-13,26H,14-15H2,1-4H3,(H,30,31)/t26-/m0/s1. The smallest absolute Gasteiger partial charge is 0.337 e. The summed E-state index contributed by atoms with van der Waals surface area (Å²) >= 11 is 0. The van der Waals surface area contributed by atoms with E-state index in [2.05, 4.69) is 12.1 Å². The molecule has 3 aromatic carbocycles. The number of pyridine rings is 1. The number of fused-ring (bicyclic) bond motifs is 1. The first-order valence-corrected chi connectivity index (χ1v) is 11.1. The first kappa shape index (κ1) is 21.6. The quantitative estimate of drug-likeness (QED) is 0.400. The van der Waals surface area contributed by atoms with Gasteiger partial charge in [-0.3, -0.25) is 4.98 Å². The van der Waals surface area contributed by atoms with Gasteiger partial charge in [-0.15, -0.1) is 0 Å². The number of nitrogens with zero attached hydrogens (tertiary/aromatic N) is 1. The number of aromatic nitrogens is 1. The molecule has 0 spiro atoms. The SMILES string of the molecule is Cc1cc2ccccc2c(-c2ccc3c4c(ccnc24)COC3)c1[C@H](OC(C)(C)C)C(=O)O. The van der Waals surface area contributed by atoms with Crippen LogP contribution in [0.3, 0.4) is 0 Å².